The standard InChI is InChI=1S/C10H15BN4O2/c1-6-8(5-14-15-13)3-10(11(16)17)7(2)9(6)4-12/h3,16-17H,4-5,12H2,1-2H3. The van der Waals surface area contributed by atoms with Crippen LogP contribution in [0.15, 0.2) is 11.2 Å². The predicted molar refractivity (Wildman–Crippen MR) is 66.5 cm³/mol. The Morgan fingerprint density at radius 3 is 2.53 bits per heavy atom. The Balaban J connectivity index is 3.40. The minimum absolute atomic E-state index is 0.176. The first-order chi connectivity index (χ1) is 8.02. The fourth-order valence-corrected chi connectivity index (χ4v) is 1.90. The van der Waals surface area contributed by atoms with Gasteiger partial charge in [-0.05, 0) is 47.1 Å². The Morgan fingerprint density at radius 1 is 1.41 bits per heavy atom. The van der Waals surface area contributed by atoms with Crippen molar-refractivity contribution in [3.8, 4) is 0 Å². The first-order valence-corrected chi connectivity index (χ1v) is 5.21. The first kappa shape index (κ1) is 13.5. The van der Waals surface area contributed by atoms with Crippen molar-refractivity contribution < 1.29 is 10.0 Å². The number of rotatable bonds is 4. The van der Waals surface area contributed by atoms with Crippen LogP contribution in [0.3, 0.4) is 0 Å². The maximum atomic E-state index is 9.28. The summed E-state index contributed by atoms with van der Waals surface area (Å²) in [5.74, 6) is 0. The van der Waals surface area contributed by atoms with Crippen LogP contribution in [0.25, 0.3) is 10.4 Å². The van der Waals surface area contributed by atoms with E-state index in [0.717, 1.165) is 22.3 Å². The number of benzene rings is 1. The molecule has 0 unspecified atom stereocenters. The minimum atomic E-state index is -1.55. The zero-order chi connectivity index (χ0) is 13.0. The average Bonchev–Trinajstić information content (AvgIpc) is 2.28. The summed E-state index contributed by atoms with van der Waals surface area (Å²) in [5, 5.41) is 22.0. The fraction of sp³-hybridized carbons (Fsp3) is 0.400. The first-order valence-electron chi connectivity index (χ1n) is 5.21. The summed E-state index contributed by atoms with van der Waals surface area (Å²) in [6, 6.07) is 1.64. The molecule has 0 bridgehead atoms. The maximum Gasteiger partial charge on any atom is 0.488 e. The normalized spacial score (nSPS) is 9.94. The highest BCUT2D eigenvalue weighted by Crippen LogP contribution is 2.17. The Labute approximate surface area is 99.8 Å². The molecule has 0 aliphatic rings. The van der Waals surface area contributed by atoms with Crippen molar-refractivity contribution in [2.24, 2.45) is 10.8 Å². The van der Waals surface area contributed by atoms with Crippen molar-refractivity contribution in [3.63, 3.8) is 0 Å². The van der Waals surface area contributed by atoms with Gasteiger partial charge in [-0.2, -0.15) is 0 Å². The Morgan fingerprint density at radius 2 is 2.06 bits per heavy atom. The summed E-state index contributed by atoms with van der Waals surface area (Å²) < 4.78 is 0. The molecule has 0 radical (unpaired) electrons. The number of azide groups is 1. The smallest absolute Gasteiger partial charge is 0.423 e. The molecule has 0 aliphatic heterocycles. The molecule has 0 saturated carbocycles. The second-order valence-corrected chi connectivity index (χ2v) is 3.82. The van der Waals surface area contributed by atoms with E-state index in [1.165, 1.54) is 0 Å². The number of hydrogen-bond acceptors (Lipinski definition) is 4. The van der Waals surface area contributed by atoms with E-state index < -0.39 is 7.12 Å². The number of hydrogen-bond donors (Lipinski definition) is 3. The third-order valence-electron chi connectivity index (χ3n) is 2.94. The predicted octanol–water partition coefficient (Wildman–Crippen LogP) is 0.252. The van der Waals surface area contributed by atoms with Crippen LogP contribution in [0.2, 0.25) is 0 Å². The molecule has 0 fully saturated rings. The maximum absolute atomic E-state index is 9.28. The van der Waals surface area contributed by atoms with E-state index in [2.05, 4.69) is 10.0 Å². The van der Waals surface area contributed by atoms with Crippen LogP contribution < -0.4 is 11.2 Å². The lowest BCUT2D eigenvalue weighted by atomic mass is 9.74. The van der Waals surface area contributed by atoms with Gasteiger partial charge in [-0.15, -0.1) is 0 Å². The zero-order valence-electron chi connectivity index (χ0n) is 9.88. The second kappa shape index (κ2) is 5.70. The molecule has 0 spiro atoms. The van der Waals surface area contributed by atoms with E-state index in [9.17, 15) is 10.0 Å². The lowest BCUT2D eigenvalue weighted by Gasteiger charge is -2.16. The van der Waals surface area contributed by atoms with Crippen LogP contribution in [-0.2, 0) is 13.1 Å². The summed E-state index contributed by atoms with van der Waals surface area (Å²) in [5.41, 5.74) is 17.7. The van der Waals surface area contributed by atoms with Gasteiger partial charge in [-0.25, -0.2) is 0 Å². The molecule has 0 aromatic heterocycles. The molecule has 7 heteroatoms. The number of nitrogens with two attached hydrogens (primary N) is 1. The second-order valence-electron chi connectivity index (χ2n) is 3.82. The van der Waals surface area contributed by atoms with Crippen LogP contribution >= 0.6 is 0 Å². The van der Waals surface area contributed by atoms with Crippen LogP contribution in [0.5, 0.6) is 0 Å². The molecule has 6 nitrogen and oxygen atoms in total. The van der Waals surface area contributed by atoms with Crippen molar-refractivity contribution in [2.75, 3.05) is 0 Å². The van der Waals surface area contributed by atoms with Gasteiger partial charge >= 0.3 is 7.12 Å². The van der Waals surface area contributed by atoms with Crippen LogP contribution in [0.1, 0.15) is 22.3 Å². The summed E-state index contributed by atoms with van der Waals surface area (Å²) in [7, 11) is -1.55. The van der Waals surface area contributed by atoms with E-state index in [4.69, 9.17) is 11.3 Å². The summed E-state index contributed by atoms with van der Waals surface area (Å²) in [4.78, 5) is 2.69. The van der Waals surface area contributed by atoms with Gasteiger partial charge in [0.05, 0.1) is 6.54 Å². The highest BCUT2D eigenvalue weighted by atomic mass is 16.4. The quantitative estimate of drug-likeness (QED) is 0.300. The van der Waals surface area contributed by atoms with Gasteiger partial charge in [-0.3, -0.25) is 0 Å². The van der Waals surface area contributed by atoms with E-state index in [-0.39, 0.29) is 6.54 Å². The van der Waals surface area contributed by atoms with Crippen LogP contribution in [0.4, 0.5) is 0 Å². The Hall–Kier alpha value is -1.53. The van der Waals surface area contributed by atoms with Gasteiger partial charge in [-0.1, -0.05) is 11.2 Å². The van der Waals surface area contributed by atoms with E-state index in [0.29, 0.717) is 12.0 Å². The lowest BCUT2D eigenvalue weighted by molar-refractivity contribution is 0.425. The van der Waals surface area contributed by atoms with Gasteiger partial charge in [0.15, 0.2) is 0 Å². The molecular weight excluding hydrogens is 219 g/mol. The van der Waals surface area contributed by atoms with Crippen LogP contribution in [-0.4, -0.2) is 17.2 Å². The highest BCUT2D eigenvalue weighted by molar-refractivity contribution is 6.59. The molecule has 17 heavy (non-hydrogen) atoms. The highest BCUT2D eigenvalue weighted by Gasteiger charge is 2.19. The average molecular weight is 234 g/mol. The molecule has 0 amide bonds. The lowest BCUT2D eigenvalue weighted by Crippen LogP contribution is -2.34. The summed E-state index contributed by atoms with van der Waals surface area (Å²) in [6.45, 7) is 4.16. The van der Waals surface area contributed by atoms with E-state index >= 15 is 0 Å². The van der Waals surface area contributed by atoms with Crippen molar-refractivity contribution in [1.29, 1.82) is 0 Å². The molecular formula is C10H15BN4O2. The van der Waals surface area contributed by atoms with Gasteiger partial charge in [0.25, 0.3) is 0 Å². The SMILES string of the molecule is Cc1c(CN=[N+]=[N-])cc(B(O)O)c(C)c1CN. The monoisotopic (exact) mass is 234 g/mol. The summed E-state index contributed by atoms with van der Waals surface area (Å²) in [6.07, 6.45) is 0. The zero-order valence-corrected chi connectivity index (χ0v) is 9.88. The third-order valence-corrected chi connectivity index (χ3v) is 2.94. The fourth-order valence-electron chi connectivity index (χ4n) is 1.90. The molecule has 0 saturated heterocycles. The topological polar surface area (TPSA) is 115 Å². The molecule has 4 N–H and O–H groups in total. The molecule has 90 valence electrons. The Kier molecular flexibility index (Phi) is 4.54. The molecule has 1 aromatic carbocycles. The van der Waals surface area contributed by atoms with Crippen molar-refractivity contribution in [3.05, 3.63) is 38.8 Å². The molecule has 0 atom stereocenters. The molecule has 0 aliphatic carbocycles. The Bertz CT molecular complexity index is 470. The molecule has 0 heterocycles. The van der Waals surface area contributed by atoms with Crippen molar-refractivity contribution in [1.82, 2.24) is 0 Å². The van der Waals surface area contributed by atoms with Crippen molar-refractivity contribution >= 4 is 12.6 Å². The van der Waals surface area contributed by atoms with E-state index in [1.54, 1.807) is 13.0 Å². The summed E-state index contributed by atoms with van der Waals surface area (Å²) >= 11 is 0. The van der Waals surface area contributed by atoms with Crippen molar-refractivity contribution in [2.45, 2.75) is 26.9 Å². The van der Waals surface area contributed by atoms with Gasteiger partial charge in [0.2, 0.25) is 0 Å². The minimum Gasteiger partial charge on any atom is -0.423 e. The largest absolute Gasteiger partial charge is 0.488 e. The number of nitrogens with zero attached hydrogens (tertiary/aromatic N) is 3. The molecule has 1 aromatic rings. The van der Waals surface area contributed by atoms with Gasteiger partial charge in [0, 0.05) is 11.5 Å². The third kappa shape index (κ3) is 2.78. The van der Waals surface area contributed by atoms with E-state index in [1.807, 2.05) is 6.92 Å². The van der Waals surface area contributed by atoms with Crippen LogP contribution in [0, 0.1) is 13.8 Å². The molecule has 1 rings (SSSR count). The van der Waals surface area contributed by atoms with Gasteiger partial charge in [0.1, 0.15) is 0 Å². The van der Waals surface area contributed by atoms with Gasteiger partial charge < -0.3 is 15.8 Å².